The zero-order chi connectivity index (χ0) is 36.8. The number of nitrogens with zero attached hydrogens (tertiary/aromatic N) is 2. The molecule has 0 unspecified atom stereocenters. The molecule has 2 aromatic heterocycles. The first-order valence-corrected chi connectivity index (χ1v) is 27.7. The lowest BCUT2D eigenvalue weighted by Crippen LogP contribution is -2.74. The maximum absolute atomic E-state index is 5.24. The van der Waals surface area contributed by atoms with Crippen LogP contribution in [0.5, 0.6) is 0 Å². The summed E-state index contributed by atoms with van der Waals surface area (Å²) < 4.78 is 0. The van der Waals surface area contributed by atoms with Crippen molar-refractivity contribution in [2.75, 3.05) is 0 Å². The van der Waals surface area contributed by atoms with Gasteiger partial charge in [0.25, 0.3) is 0 Å². The van der Waals surface area contributed by atoms with Crippen molar-refractivity contribution in [3.05, 3.63) is 170 Å². The first kappa shape index (κ1) is 34.9. The molecule has 0 atom stereocenters. The molecule has 0 saturated heterocycles. The fourth-order valence-electron chi connectivity index (χ4n) is 8.22. The molecule has 0 N–H and O–H groups in total. The Hall–Kier alpha value is -5.21. The summed E-state index contributed by atoms with van der Waals surface area (Å²) in [4.78, 5) is 10.5. The lowest BCUT2D eigenvalue weighted by molar-refractivity contribution is 1.37. The lowest BCUT2D eigenvalue weighted by Gasteiger charge is -2.35. The van der Waals surface area contributed by atoms with Gasteiger partial charge in [0.2, 0.25) is 0 Å². The number of hydrogen-bond acceptors (Lipinski definition) is 2. The van der Waals surface area contributed by atoms with E-state index in [2.05, 4.69) is 209 Å². The molecule has 8 rings (SSSR count). The van der Waals surface area contributed by atoms with Gasteiger partial charge in [0.1, 0.15) is 0 Å². The predicted octanol–water partition coefficient (Wildman–Crippen LogP) is 8.58. The van der Waals surface area contributed by atoms with Crippen LogP contribution in [0, 0.1) is 0 Å². The molecule has 0 bridgehead atoms. The molecule has 5 heteroatoms. The normalized spacial score (nSPS) is 12.3. The van der Waals surface area contributed by atoms with Crippen molar-refractivity contribution in [2.24, 2.45) is 0 Å². The number of pyridine rings is 2. The van der Waals surface area contributed by atoms with E-state index in [1.807, 2.05) is 0 Å². The zero-order valence-electron chi connectivity index (χ0n) is 31.6. The van der Waals surface area contributed by atoms with E-state index >= 15 is 0 Å². The van der Waals surface area contributed by atoms with Crippen LogP contribution in [0.15, 0.2) is 170 Å². The summed E-state index contributed by atoms with van der Waals surface area (Å²) in [6.45, 7) is 14.4. The second-order valence-corrected chi connectivity index (χ2v) is 30.2. The number of hydrogen-bond donors (Lipinski definition) is 0. The molecule has 53 heavy (non-hydrogen) atoms. The molecular weight excluding hydrogens is 689 g/mol. The van der Waals surface area contributed by atoms with Gasteiger partial charge in [-0.2, -0.15) is 0 Å². The van der Waals surface area contributed by atoms with Gasteiger partial charge in [-0.1, -0.05) is 197 Å². The molecule has 0 aliphatic rings. The number of fused-ring (bicyclic) bond motifs is 2. The summed E-state index contributed by atoms with van der Waals surface area (Å²) in [5.74, 6) is 0. The average molecular weight is 735 g/mol. The second-order valence-electron chi connectivity index (χ2n) is 16.3. The molecule has 0 aliphatic carbocycles. The highest BCUT2D eigenvalue weighted by Gasteiger charge is 2.42. The van der Waals surface area contributed by atoms with Crippen molar-refractivity contribution in [1.82, 2.24) is 9.97 Å². The Kier molecular flexibility index (Phi) is 8.97. The lowest BCUT2D eigenvalue weighted by atomic mass is 10.0. The molecule has 0 saturated carbocycles. The van der Waals surface area contributed by atoms with Crippen molar-refractivity contribution in [3.63, 3.8) is 0 Å². The highest BCUT2D eigenvalue weighted by atomic mass is 28.3. The molecule has 0 radical (unpaired) electrons. The predicted molar refractivity (Wildman–Crippen MR) is 237 cm³/mol. The number of aromatic nitrogens is 2. The largest absolute Gasteiger partial charge is 0.256 e. The highest BCUT2D eigenvalue weighted by molar-refractivity contribution is 7.20. The van der Waals surface area contributed by atoms with Crippen LogP contribution in [0.1, 0.15) is 0 Å². The Morgan fingerprint density at radius 1 is 0.340 bits per heavy atom. The minimum absolute atomic E-state index is 1.04. The Labute approximate surface area is 317 Å². The van der Waals surface area contributed by atoms with Gasteiger partial charge in [-0.3, -0.25) is 9.97 Å². The Morgan fingerprint density at radius 3 is 1.06 bits per heavy atom. The van der Waals surface area contributed by atoms with Gasteiger partial charge in [-0.25, -0.2) is 0 Å². The monoisotopic (exact) mass is 734 g/mol. The summed E-state index contributed by atoms with van der Waals surface area (Å²) in [5, 5.41) is 13.2. The standard InChI is InChI=1S/C48H46N2Si3/c1-51(2,3)45-33-49-47(43-29-15-13-27-41(43)45)35-19-17-25-39(31-35)53(37-21-9-7-10-22-37,38-23-11-8-12-24-38)40-26-18-20-36(32-40)48-44-30-16-14-28-42(44)46(34-50-48)52(4,5)6/h7-34H,1-6H3. The van der Waals surface area contributed by atoms with Crippen molar-refractivity contribution in [1.29, 1.82) is 0 Å². The van der Waals surface area contributed by atoms with E-state index in [1.54, 1.807) is 0 Å². The van der Waals surface area contributed by atoms with E-state index in [0.717, 1.165) is 22.5 Å². The van der Waals surface area contributed by atoms with Crippen LogP contribution in [0.2, 0.25) is 39.3 Å². The minimum atomic E-state index is -2.89. The van der Waals surface area contributed by atoms with Gasteiger partial charge in [0.15, 0.2) is 8.07 Å². The third-order valence-corrected chi connectivity index (χ3v) is 19.5. The maximum atomic E-state index is 5.24. The topological polar surface area (TPSA) is 25.8 Å². The van der Waals surface area contributed by atoms with Crippen molar-refractivity contribution in [3.8, 4) is 22.5 Å². The van der Waals surface area contributed by atoms with Crippen LogP contribution in [0.4, 0.5) is 0 Å². The van der Waals surface area contributed by atoms with E-state index in [0.29, 0.717) is 0 Å². The molecule has 2 nitrogen and oxygen atoms in total. The van der Waals surface area contributed by atoms with E-state index in [4.69, 9.17) is 9.97 Å². The fraction of sp³-hybridized carbons (Fsp3) is 0.125. The third kappa shape index (κ3) is 6.23. The molecule has 6 aromatic carbocycles. The van der Waals surface area contributed by atoms with Crippen LogP contribution < -0.4 is 31.1 Å². The van der Waals surface area contributed by atoms with Crippen molar-refractivity contribution in [2.45, 2.75) is 39.3 Å². The van der Waals surface area contributed by atoms with Crippen LogP contribution in [0.25, 0.3) is 44.1 Å². The van der Waals surface area contributed by atoms with Gasteiger partial charge in [-0.15, -0.1) is 0 Å². The van der Waals surface area contributed by atoms with E-state index < -0.39 is 24.2 Å². The van der Waals surface area contributed by atoms with Crippen LogP contribution in [0.3, 0.4) is 0 Å². The molecule has 260 valence electrons. The van der Waals surface area contributed by atoms with Crippen LogP contribution in [-0.2, 0) is 0 Å². The molecule has 0 aliphatic heterocycles. The molecule has 0 spiro atoms. The van der Waals surface area contributed by atoms with Crippen molar-refractivity contribution < 1.29 is 0 Å². The maximum Gasteiger partial charge on any atom is 0.179 e. The van der Waals surface area contributed by atoms with Gasteiger partial charge >= 0.3 is 0 Å². The summed E-state index contributed by atoms with van der Waals surface area (Å²) in [5.41, 5.74) is 4.38. The average Bonchev–Trinajstić information content (AvgIpc) is 3.18. The summed E-state index contributed by atoms with van der Waals surface area (Å²) in [7, 11) is -6.12. The van der Waals surface area contributed by atoms with Crippen LogP contribution in [-0.4, -0.2) is 34.2 Å². The molecular formula is C48H46N2Si3. The highest BCUT2D eigenvalue weighted by Crippen LogP contribution is 2.29. The van der Waals surface area contributed by atoms with E-state index in [-0.39, 0.29) is 0 Å². The fourth-order valence-corrected chi connectivity index (χ4v) is 16.0. The molecule has 0 amide bonds. The van der Waals surface area contributed by atoms with Gasteiger partial charge in [0.05, 0.1) is 27.5 Å². The summed E-state index contributed by atoms with van der Waals surface area (Å²) in [6.07, 6.45) is 4.31. The smallest absolute Gasteiger partial charge is 0.179 e. The minimum Gasteiger partial charge on any atom is -0.256 e. The first-order valence-electron chi connectivity index (χ1n) is 18.7. The summed E-state index contributed by atoms with van der Waals surface area (Å²) >= 11 is 0. The quantitative estimate of drug-likeness (QED) is 0.116. The zero-order valence-corrected chi connectivity index (χ0v) is 34.6. The molecule has 0 fully saturated rings. The summed E-state index contributed by atoms with van der Waals surface area (Å²) in [6, 6.07) is 58.7. The first-order chi connectivity index (χ1) is 25.6. The Bertz CT molecular complexity index is 2400. The second kappa shape index (κ2) is 13.6. The van der Waals surface area contributed by atoms with Gasteiger partial charge < -0.3 is 0 Å². The molecule has 8 aromatic rings. The third-order valence-electron chi connectivity index (χ3n) is 10.8. The van der Waals surface area contributed by atoms with Gasteiger partial charge in [-0.05, 0) is 41.9 Å². The number of rotatable bonds is 8. The van der Waals surface area contributed by atoms with E-state index in [1.165, 1.54) is 52.7 Å². The number of benzene rings is 6. The Balaban J connectivity index is 1.40. The molecule has 2 heterocycles. The van der Waals surface area contributed by atoms with E-state index in [9.17, 15) is 0 Å². The van der Waals surface area contributed by atoms with Crippen molar-refractivity contribution >= 4 is 76.9 Å². The van der Waals surface area contributed by atoms with Crippen LogP contribution >= 0.6 is 0 Å². The SMILES string of the molecule is C[Si](C)(C)c1cnc(-c2cccc([Si](c3ccccc3)(c3ccccc3)c3cccc(-c4ncc([Si](C)(C)C)c5ccccc45)c3)c2)c2ccccc12. The Morgan fingerprint density at radius 2 is 0.679 bits per heavy atom. The van der Waals surface area contributed by atoms with Gasteiger partial charge in [0, 0.05) is 34.3 Å².